The molecule has 0 aromatic carbocycles. The fourth-order valence-corrected chi connectivity index (χ4v) is 2.92. The lowest BCUT2D eigenvalue weighted by Crippen LogP contribution is -2.33. The summed E-state index contributed by atoms with van der Waals surface area (Å²) >= 11 is 4.31. The van der Waals surface area contributed by atoms with Crippen molar-refractivity contribution in [1.82, 2.24) is 19.5 Å². The minimum Gasteiger partial charge on any atom is -0.387 e. The van der Waals surface area contributed by atoms with Gasteiger partial charge >= 0.3 is 6.72 Å². The zero-order valence-electron chi connectivity index (χ0n) is 11.9. The van der Waals surface area contributed by atoms with E-state index in [-0.39, 0.29) is 17.1 Å². The third-order valence-corrected chi connectivity index (χ3v) is 4.27. The van der Waals surface area contributed by atoms with Crippen LogP contribution < -0.4 is 11.3 Å². The number of rotatable bonds is 4. The minimum absolute atomic E-state index is 0.0181. The number of aromatic nitrogens is 4. The van der Waals surface area contributed by atoms with Gasteiger partial charge in [-0.15, -0.1) is 0 Å². The molecular formula is C10H14N5O7PS. The highest BCUT2D eigenvalue weighted by Gasteiger charge is 2.45. The maximum atomic E-state index is 11.8. The minimum atomic E-state index is -3.93. The van der Waals surface area contributed by atoms with Gasteiger partial charge in [-0.05, 0) is 11.8 Å². The second-order valence-corrected chi connectivity index (χ2v) is 7.77. The summed E-state index contributed by atoms with van der Waals surface area (Å²) in [4.78, 5) is 40.0. The van der Waals surface area contributed by atoms with Crippen molar-refractivity contribution in [3.8, 4) is 0 Å². The van der Waals surface area contributed by atoms with Gasteiger partial charge in [-0.2, -0.15) is 4.98 Å². The van der Waals surface area contributed by atoms with Crippen molar-refractivity contribution in [3.63, 3.8) is 0 Å². The molecule has 14 heteroatoms. The Balaban J connectivity index is 1.90. The Bertz CT molecular complexity index is 865. The van der Waals surface area contributed by atoms with Crippen molar-refractivity contribution in [1.29, 1.82) is 0 Å². The number of aliphatic hydroxyl groups is 2. The number of hydrogen-bond acceptors (Lipinski definition) is 9. The molecule has 4 unspecified atom stereocenters. The van der Waals surface area contributed by atoms with Gasteiger partial charge in [-0.25, -0.2) is 4.98 Å². The lowest BCUT2D eigenvalue weighted by Gasteiger charge is -2.17. The highest BCUT2D eigenvalue weighted by molar-refractivity contribution is 8.06. The second kappa shape index (κ2) is 6.13. The Labute approximate surface area is 138 Å². The normalized spacial score (nSPS) is 27.8. The van der Waals surface area contributed by atoms with E-state index in [0.29, 0.717) is 0 Å². The zero-order chi connectivity index (χ0) is 17.6. The number of nitrogens with two attached hydrogens (primary N) is 1. The van der Waals surface area contributed by atoms with Gasteiger partial charge in [0.05, 0.1) is 12.9 Å². The number of hydrogen-bond donors (Lipinski definition) is 6. The number of imidazole rings is 1. The molecule has 12 nitrogen and oxygen atoms in total. The first-order chi connectivity index (χ1) is 11.2. The molecule has 1 aliphatic heterocycles. The Morgan fingerprint density at radius 2 is 2.17 bits per heavy atom. The molecule has 7 N–H and O–H groups in total. The topological polar surface area (TPSA) is 189 Å². The van der Waals surface area contributed by atoms with E-state index < -0.39 is 43.4 Å². The highest BCUT2D eigenvalue weighted by atomic mass is 32.5. The van der Waals surface area contributed by atoms with Crippen LogP contribution in [0.25, 0.3) is 11.2 Å². The van der Waals surface area contributed by atoms with E-state index in [2.05, 4.69) is 31.3 Å². The van der Waals surface area contributed by atoms with Crippen molar-refractivity contribution in [2.75, 3.05) is 12.3 Å². The van der Waals surface area contributed by atoms with Crippen LogP contribution in [0.3, 0.4) is 0 Å². The van der Waals surface area contributed by atoms with Crippen LogP contribution in [0.4, 0.5) is 5.95 Å². The number of anilines is 1. The molecule has 0 amide bonds. The molecule has 24 heavy (non-hydrogen) atoms. The SMILES string of the molecule is Nc1nc2c(ncn2C2OC(COP(O)(O)=S)C(O)C2O)c(=O)[nH]1. The first-order valence-electron chi connectivity index (χ1n) is 6.61. The fraction of sp³-hybridized carbons (Fsp3) is 0.500. The molecule has 1 fully saturated rings. The second-order valence-electron chi connectivity index (χ2n) is 5.11. The number of aliphatic hydroxyl groups excluding tert-OH is 2. The van der Waals surface area contributed by atoms with Crippen LogP contribution in [-0.2, 0) is 21.1 Å². The molecule has 0 spiro atoms. The first kappa shape index (κ1) is 17.4. The van der Waals surface area contributed by atoms with E-state index in [0.717, 1.165) is 0 Å². The van der Waals surface area contributed by atoms with Crippen LogP contribution in [0.1, 0.15) is 6.23 Å². The van der Waals surface area contributed by atoms with Gasteiger partial charge < -0.3 is 35.0 Å². The highest BCUT2D eigenvalue weighted by Crippen LogP contribution is 2.39. The number of nitrogens with zero attached hydrogens (tertiary/aromatic N) is 3. The maximum absolute atomic E-state index is 11.8. The molecule has 4 atom stereocenters. The fourth-order valence-electron chi connectivity index (χ4n) is 2.40. The van der Waals surface area contributed by atoms with Crippen LogP contribution in [0.2, 0.25) is 0 Å². The number of nitrogens with one attached hydrogen (secondary N) is 1. The van der Waals surface area contributed by atoms with Gasteiger partial charge in [0, 0.05) is 0 Å². The van der Waals surface area contributed by atoms with Crippen LogP contribution in [0, 0.1) is 0 Å². The summed E-state index contributed by atoms with van der Waals surface area (Å²) in [5.74, 6) is -0.150. The average molecular weight is 379 g/mol. The molecule has 1 saturated heterocycles. The summed E-state index contributed by atoms with van der Waals surface area (Å²) < 4.78 is 11.4. The lowest BCUT2D eigenvalue weighted by atomic mass is 10.1. The molecule has 3 rings (SSSR count). The molecule has 2 aromatic rings. The van der Waals surface area contributed by atoms with Crippen molar-refractivity contribution >= 4 is 35.6 Å². The van der Waals surface area contributed by atoms with Gasteiger partial charge in [0.15, 0.2) is 17.4 Å². The molecule has 132 valence electrons. The van der Waals surface area contributed by atoms with Gasteiger partial charge in [-0.3, -0.25) is 14.3 Å². The van der Waals surface area contributed by atoms with E-state index in [1.165, 1.54) is 10.9 Å². The van der Waals surface area contributed by atoms with E-state index in [9.17, 15) is 15.0 Å². The molecular weight excluding hydrogens is 365 g/mol. The Hall–Kier alpha value is -1.44. The Morgan fingerprint density at radius 1 is 1.46 bits per heavy atom. The van der Waals surface area contributed by atoms with Crippen LogP contribution in [0.15, 0.2) is 11.1 Å². The number of H-pyrrole nitrogens is 1. The van der Waals surface area contributed by atoms with Crippen molar-refractivity contribution in [2.24, 2.45) is 0 Å². The third-order valence-electron chi connectivity index (χ3n) is 3.47. The molecule has 0 aliphatic carbocycles. The predicted octanol–water partition coefficient (Wildman–Crippen LogP) is -2.45. The Morgan fingerprint density at radius 3 is 2.83 bits per heavy atom. The summed E-state index contributed by atoms with van der Waals surface area (Å²) in [6, 6.07) is 0. The molecule has 0 saturated carbocycles. The number of fused-ring (bicyclic) bond motifs is 1. The van der Waals surface area contributed by atoms with Crippen molar-refractivity contribution in [2.45, 2.75) is 24.5 Å². The molecule has 1 aliphatic rings. The van der Waals surface area contributed by atoms with Crippen molar-refractivity contribution < 1.29 is 29.3 Å². The van der Waals surface area contributed by atoms with Gasteiger partial charge in [0.25, 0.3) is 5.56 Å². The van der Waals surface area contributed by atoms with Crippen molar-refractivity contribution in [3.05, 3.63) is 16.7 Å². The summed E-state index contributed by atoms with van der Waals surface area (Å²) in [6.07, 6.45) is -3.81. The summed E-state index contributed by atoms with van der Waals surface area (Å²) in [7, 11) is 0. The lowest BCUT2D eigenvalue weighted by molar-refractivity contribution is -0.0486. The summed E-state index contributed by atoms with van der Waals surface area (Å²) in [5.41, 5.74) is 4.97. The standard InChI is InChI=1S/C10H14N5O7PS/c11-10-13-7-4(8(18)14-10)12-2-15(7)9-6(17)5(16)3(22-9)1-21-23(19,20)24/h2-3,5-6,9,16-17H,1H2,(H2,19,20,24)(H3,11,13,14,18). The van der Waals surface area contributed by atoms with Crippen LogP contribution >= 0.6 is 6.72 Å². The average Bonchev–Trinajstić information content (AvgIpc) is 3.00. The predicted molar refractivity (Wildman–Crippen MR) is 83.2 cm³/mol. The van der Waals surface area contributed by atoms with E-state index >= 15 is 0 Å². The third kappa shape index (κ3) is 3.20. The smallest absolute Gasteiger partial charge is 0.321 e. The molecule has 2 aromatic heterocycles. The van der Waals surface area contributed by atoms with Gasteiger partial charge in [0.2, 0.25) is 5.95 Å². The van der Waals surface area contributed by atoms with Crippen LogP contribution in [-0.4, -0.2) is 64.4 Å². The van der Waals surface area contributed by atoms with Gasteiger partial charge in [-0.1, -0.05) is 0 Å². The van der Waals surface area contributed by atoms with E-state index in [1.54, 1.807) is 0 Å². The van der Waals surface area contributed by atoms with E-state index in [4.69, 9.17) is 20.3 Å². The van der Waals surface area contributed by atoms with E-state index in [1.807, 2.05) is 0 Å². The summed E-state index contributed by atoms with van der Waals surface area (Å²) in [6.45, 7) is -4.37. The van der Waals surface area contributed by atoms with Gasteiger partial charge in [0.1, 0.15) is 18.3 Å². The number of nitrogen functional groups attached to an aromatic ring is 1. The molecule has 0 radical (unpaired) electrons. The quantitative estimate of drug-likeness (QED) is 0.309. The van der Waals surface area contributed by atoms with Crippen LogP contribution in [0.5, 0.6) is 0 Å². The largest absolute Gasteiger partial charge is 0.387 e. The first-order valence-corrected chi connectivity index (χ1v) is 9.24. The molecule has 0 bridgehead atoms. The zero-order valence-corrected chi connectivity index (χ0v) is 13.6. The Kier molecular flexibility index (Phi) is 4.44. The summed E-state index contributed by atoms with van der Waals surface area (Å²) in [5, 5.41) is 20.2. The monoisotopic (exact) mass is 379 g/mol. The molecule has 3 heterocycles. The maximum Gasteiger partial charge on any atom is 0.321 e. The number of ether oxygens (including phenoxy) is 1. The number of aromatic amines is 1.